The number of hydrogen-bond acceptors (Lipinski definition) is 3. The summed E-state index contributed by atoms with van der Waals surface area (Å²) >= 11 is 0. The van der Waals surface area contributed by atoms with Crippen LogP contribution in [0.3, 0.4) is 0 Å². The Morgan fingerprint density at radius 3 is 2.22 bits per heavy atom. The molecule has 0 aromatic carbocycles. The SMILES string of the molecule is O=S(=O)(O)CC1COC1. The highest BCUT2D eigenvalue weighted by Gasteiger charge is 2.23. The third kappa shape index (κ3) is 2.30. The van der Waals surface area contributed by atoms with Crippen molar-refractivity contribution in [1.82, 2.24) is 0 Å². The van der Waals surface area contributed by atoms with E-state index in [1.54, 1.807) is 0 Å². The molecule has 0 bridgehead atoms. The van der Waals surface area contributed by atoms with Crippen LogP contribution in [0.1, 0.15) is 0 Å². The first-order chi connectivity index (χ1) is 4.08. The number of rotatable bonds is 2. The van der Waals surface area contributed by atoms with E-state index >= 15 is 0 Å². The van der Waals surface area contributed by atoms with Crippen molar-refractivity contribution in [3.05, 3.63) is 0 Å². The molecule has 0 spiro atoms. The first kappa shape index (κ1) is 6.98. The summed E-state index contributed by atoms with van der Waals surface area (Å²) in [5, 5.41) is 0. The molecule has 0 saturated carbocycles. The van der Waals surface area contributed by atoms with Crippen LogP contribution < -0.4 is 0 Å². The Balaban J connectivity index is 2.33. The molecule has 0 aliphatic carbocycles. The van der Waals surface area contributed by atoms with Gasteiger partial charge in [0, 0.05) is 5.92 Å². The molecule has 0 amide bonds. The minimum Gasteiger partial charge on any atom is -0.381 e. The zero-order valence-corrected chi connectivity index (χ0v) is 5.60. The molecule has 0 radical (unpaired) electrons. The third-order valence-corrected chi connectivity index (χ3v) is 2.05. The van der Waals surface area contributed by atoms with E-state index in [4.69, 9.17) is 9.29 Å². The average Bonchev–Trinajstić information content (AvgIpc) is 1.53. The number of hydrogen-bond donors (Lipinski definition) is 1. The van der Waals surface area contributed by atoms with Crippen molar-refractivity contribution in [2.75, 3.05) is 19.0 Å². The summed E-state index contributed by atoms with van der Waals surface area (Å²) in [7, 11) is -3.76. The Morgan fingerprint density at radius 2 is 2.11 bits per heavy atom. The summed E-state index contributed by atoms with van der Waals surface area (Å²) in [5.41, 5.74) is 0. The zero-order valence-electron chi connectivity index (χ0n) is 4.78. The van der Waals surface area contributed by atoms with Gasteiger partial charge in [0.1, 0.15) is 0 Å². The fourth-order valence-electron chi connectivity index (χ4n) is 0.679. The van der Waals surface area contributed by atoms with Crippen molar-refractivity contribution < 1.29 is 17.7 Å². The van der Waals surface area contributed by atoms with Crippen molar-refractivity contribution in [2.24, 2.45) is 5.92 Å². The number of ether oxygens (including phenoxy) is 1. The molecular weight excluding hydrogens is 144 g/mol. The third-order valence-electron chi connectivity index (χ3n) is 1.15. The van der Waals surface area contributed by atoms with Gasteiger partial charge in [0.05, 0.1) is 19.0 Å². The summed E-state index contributed by atoms with van der Waals surface area (Å²) < 4.78 is 33.2. The molecule has 1 N–H and O–H groups in total. The van der Waals surface area contributed by atoms with Gasteiger partial charge in [0.15, 0.2) is 0 Å². The highest BCUT2D eigenvalue weighted by atomic mass is 32.2. The lowest BCUT2D eigenvalue weighted by molar-refractivity contribution is -0.0210. The molecule has 1 saturated heterocycles. The Labute approximate surface area is 53.6 Å². The molecule has 1 aliphatic heterocycles. The molecule has 0 aromatic rings. The zero-order chi connectivity index (χ0) is 6.91. The van der Waals surface area contributed by atoms with Gasteiger partial charge in [-0.3, -0.25) is 4.55 Å². The Hall–Kier alpha value is -0.130. The molecule has 1 aliphatic rings. The summed E-state index contributed by atoms with van der Waals surface area (Å²) in [6, 6.07) is 0. The predicted octanol–water partition coefficient (Wildman–Crippen LogP) is -0.479. The quantitative estimate of drug-likeness (QED) is 0.543. The van der Waals surface area contributed by atoms with E-state index in [9.17, 15) is 8.42 Å². The fraction of sp³-hybridized carbons (Fsp3) is 1.00. The molecular formula is C4H8O4S. The van der Waals surface area contributed by atoms with Crippen LogP contribution in [0.5, 0.6) is 0 Å². The van der Waals surface area contributed by atoms with E-state index in [0.29, 0.717) is 13.2 Å². The van der Waals surface area contributed by atoms with Crippen LogP contribution in [0.15, 0.2) is 0 Å². The second kappa shape index (κ2) is 2.24. The van der Waals surface area contributed by atoms with Gasteiger partial charge in [-0.1, -0.05) is 0 Å². The topological polar surface area (TPSA) is 63.6 Å². The monoisotopic (exact) mass is 152 g/mol. The van der Waals surface area contributed by atoms with Crippen LogP contribution in [-0.4, -0.2) is 31.9 Å². The van der Waals surface area contributed by atoms with Crippen LogP contribution in [0.25, 0.3) is 0 Å². The highest BCUT2D eigenvalue weighted by molar-refractivity contribution is 7.85. The molecule has 1 rings (SSSR count). The van der Waals surface area contributed by atoms with Crippen LogP contribution in [0.2, 0.25) is 0 Å². The van der Waals surface area contributed by atoms with Crippen LogP contribution in [0.4, 0.5) is 0 Å². The van der Waals surface area contributed by atoms with Crippen LogP contribution in [-0.2, 0) is 14.9 Å². The summed E-state index contributed by atoms with van der Waals surface area (Å²) in [4.78, 5) is 0. The largest absolute Gasteiger partial charge is 0.381 e. The van der Waals surface area contributed by atoms with E-state index in [1.165, 1.54) is 0 Å². The van der Waals surface area contributed by atoms with Crippen LogP contribution in [0, 0.1) is 5.92 Å². The maximum atomic E-state index is 10.1. The maximum Gasteiger partial charge on any atom is 0.265 e. The average molecular weight is 152 g/mol. The van der Waals surface area contributed by atoms with Gasteiger partial charge in [0.25, 0.3) is 10.1 Å². The molecule has 1 heterocycles. The minimum atomic E-state index is -3.76. The molecule has 0 aromatic heterocycles. The van der Waals surface area contributed by atoms with Gasteiger partial charge in [0.2, 0.25) is 0 Å². The summed E-state index contributed by atoms with van der Waals surface area (Å²) in [6.07, 6.45) is 0. The Kier molecular flexibility index (Phi) is 1.74. The van der Waals surface area contributed by atoms with E-state index in [-0.39, 0.29) is 11.7 Å². The first-order valence-corrected chi connectivity index (χ1v) is 4.22. The lowest BCUT2D eigenvalue weighted by atomic mass is 10.1. The van der Waals surface area contributed by atoms with Gasteiger partial charge < -0.3 is 4.74 Å². The molecule has 0 atom stereocenters. The molecule has 9 heavy (non-hydrogen) atoms. The predicted molar refractivity (Wildman–Crippen MR) is 30.7 cm³/mol. The van der Waals surface area contributed by atoms with Crippen LogP contribution >= 0.6 is 0 Å². The van der Waals surface area contributed by atoms with E-state index in [2.05, 4.69) is 0 Å². The summed E-state index contributed by atoms with van der Waals surface area (Å²) in [6.45, 7) is 0.916. The lowest BCUT2D eigenvalue weighted by Gasteiger charge is -2.23. The normalized spacial score (nSPS) is 21.4. The van der Waals surface area contributed by atoms with E-state index in [1.807, 2.05) is 0 Å². The second-order valence-electron chi connectivity index (χ2n) is 2.15. The maximum absolute atomic E-state index is 10.1. The molecule has 4 nitrogen and oxygen atoms in total. The van der Waals surface area contributed by atoms with E-state index < -0.39 is 10.1 Å². The summed E-state index contributed by atoms with van der Waals surface area (Å²) in [5.74, 6) is -0.146. The Bertz CT molecular complexity index is 179. The van der Waals surface area contributed by atoms with Gasteiger partial charge in [-0.25, -0.2) is 0 Å². The molecule has 0 unspecified atom stereocenters. The molecule has 1 fully saturated rings. The van der Waals surface area contributed by atoms with E-state index in [0.717, 1.165) is 0 Å². The Morgan fingerprint density at radius 1 is 1.56 bits per heavy atom. The van der Waals surface area contributed by atoms with Gasteiger partial charge >= 0.3 is 0 Å². The first-order valence-electron chi connectivity index (χ1n) is 2.61. The van der Waals surface area contributed by atoms with Gasteiger partial charge in [-0.2, -0.15) is 8.42 Å². The van der Waals surface area contributed by atoms with Crippen molar-refractivity contribution in [1.29, 1.82) is 0 Å². The van der Waals surface area contributed by atoms with Gasteiger partial charge in [-0.05, 0) is 0 Å². The second-order valence-corrected chi connectivity index (χ2v) is 3.65. The fourth-order valence-corrected chi connectivity index (χ4v) is 1.47. The standard InChI is InChI=1S/C4H8O4S/c5-9(6,7)3-4-1-8-2-4/h4H,1-3H2,(H,5,6,7). The molecule has 5 heteroatoms. The van der Waals surface area contributed by atoms with Crippen molar-refractivity contribution in [2.45, 2.75) is 0 Å². The van der Waals surface area contributed by atoms with Crippen molar-refractivity contribution >= 4 is 10.1 Å². The van der Waals surface area contributed by atoms with Crippen molar-refractivity contribution in [3.63, 3.8) is 0 Å². The van der Waals surface area contributed by atoms with Gasteiger partial charge in [-0.15, -0.1) is 0 Å². The lowest BCUT2D eigenvalue weighted by Crippen LogP contribution is -2.33. The smallest absolute Gasteiger partial charge is 0.265 e. The van der Waals surface area contributed by atoms with Crippen molar-refractivity contribution in [3.8, 4) is 0 Å². The minimum absolute atomic E-state index is 0.0139. The highest BCUT2D eigenvalue weighted by Crippen LogP contribution is 2.11. The molecule has 54 valence electrons.